The fraction of sp³-hybridized carbons (Fsp3) is 0.556. The Morgan fingerprint density at radius 1 is 1.71 bits per heavy atom. The molecule has 0 spiro atoms. The summed E-state index contributed by atoms with van der Waals surface area (Å²) in [4.78, 5) is 0.158. The first-order valence-electron chi connectivity index (χ1n) is 5.30. The number of amidine groups is 1. The molecule has 17 heavy (non-hydrogen) atoms. The van der Waals surface area contributed by atoms with Gasteiger partial charge in [-0.15, -0.1) is 0 Å². The summed E-state index contributed by atoms with van der Waals surface area (Å²) < 4.78 is 26.0. The third kappa shape index (κ3) is 1.93. The van der Waals surface area contributed by atoms with E-state index in [1.54, 1.807) is 6.92 Å². The fourth-order valence-corrected chi connectivity index (χ4v) is 3.86. The zero-order valence-electron chi connectivity index (χ0n) is 9.47. The summed E-state index contributed by atoms with van der Waals surface area (Å²) in [6.45, 7) is 2.05. The maximum absolute atomic E-state index is 12.3. The average Bonchev–Trinajstić information content (AvgIpc) is 2.84. The molecule has 0 bridgehead atoms. The molecule has 1 unspecified atom stereocenters. The maximum Gasteiger partial charge on any atom is 0.247 e. The van der Waals surface area contributed by atoms with Crippen LogP contribution in [0.1, 0.15) is 18.5 Å². The minimum Gasteiger partial charge on any atom is -0.386 e. The molecule has 1 fully saturated rings. The monoisotopic (exact) mass is 257 g/mol. The number of rotatable bonds is 3. The second-order valence-corrected chi connectivity index (χ2v) is 5.95. The molecule has 0 radical (unpaired) electrons. The van der Waals surface area contributed by atoms with Crippen molar-refractivity contribution in [2.75, 3.05) is 6.54 Å². The molecule has 1 aromatic heterocycles. The molecular formula is C9H15N5O2S. The highest BCUT2D eigenvalue weighted by Gasteiger charge is 2.38. The summed E-state index contributed by atoms with van der Waals surface area (Å²) in [6.07, 6.45) is 2.62. The van der Waals surface area contributed by atoms with Crippen LogP contribution in [0, 0.1) is 12.3 Å². The number of aromatic nitrogens is 2. The highest BCUT2D eigenvalue weighted by Crippen LogP contribution is 2.26. The van der Waals surface area contributed by atoms with Crippen LogP contribution in [0.5, 0.6) is 0 Å². The van der Waals surface area contributed by atoms with Crippen molar-refractivity contribution in [3.63, 3.8) is 0 Å². The van der Waals surface area contributed by atoms with Crippen molar-refractivity contribution in [2.24, 2.45) is 5.73 Å². The second kappa shape index (κ2) is 4.11. The first-order valence-corrected chi connectivity index (χ1v) is 6.74. The van der Waals surface area contributed by atoms with Crippen molar-refractivity contribution in [1.29, 1.82) is 5.41 Å². The van der Waals surface area contributed by atoms with Gasteiger partial charge in [0.2, 0.25) is 10.0 Å². The SMILES string of the molecule is Cc1[nH]ncc1S(=O)(=O)N1CCCC1C(=N)N. The van der Waals surface area contributed by atoms with E-state index in [9.17, 15) is 8.42 Å². The molecule has 7 nitrogen and oxygen atoms in total. The van der Waals surface area contributed by atoms with Crippen molar-refractivity contribution in [3.8, 4) is 0 Å². The Kier molecular flexibility index (Phi) is 2.92. The van der Waals surface area contributed by atoms with Gasteiger partial charge >= 0.3 is 0 Å². The number of H-pyrrole nitrogens is 1. The molecule has 1 aliphatic rings. The Bertz CT molecular complexity index is 535. The van der Waals surface area contributed by atoms with Crippen LogP contribution in [0.3, 0.4) is 0 Å². The highest BCUT2D eigenvalue weighted by atomic mass is 32.2. The lowest BCUT2D eigenvalue weighted by atomic mass is 10.2. The molecule has 8 heteroatoms. The third-order valence-electron chi connectivity index (χ3n) is 2.93. The van der Waals surface area contributed by atoms with Crippen LogP contribution in [0.2, 0.25) is 0 Å². The van der Waals surface area contributed by atoms with E-state index < -0.39 is 16.1 Å². The van der Waals surface area contributed by atoms with E-state index in [1.165, 1.54) is 10.5 Å². The van der Waals surface area contributed by atoms with Crippen molar-refractivity contribution < 1.29 is 8.42 Å². The van der Waals surface area contributed by atoms with Crippen molar-refractivity contribution in [1.82, 2.24) is 14.5 Å². The molecule has 1 saturated heterocycles. The van der Waals surface area contributed by atoms with E-state index in [4.69, 9.17) is 11.1 Å². The molecule has 94 valence electrons. The van der Waals surface area contributed by atoms with Gasteiger partial charge in [0.25, 0.3) is 0 Å². The molecule has 0 amide bonds. The lowest BCUT2D eigenvalue weighted by Crippen LogP contribution is -2.43. The molecule has 0 saturated carbocycles. The minimum absolute atomic E-state index is 0.104. The summed E-state index contributed by atoms with van der Waals surface area (Å²) >= 11 is 0. The van der Waals surface area contributed by atoms with Crippen LogP contribution in [0.25, 0.3) is 0 Å². The molecule has 1 aromatic rings. The largest absolute Gasteiger partial charge is 0.386 e. The van der Waals surface area contributed by atoms with E-state index in [-0.39, 0.29) is 10.7 Å². The second-order valence-electron chi connectivity index (χ2n) is 4.09. The van der Waals surface area contributed by atoms with Gasteiger partial charge in [0.05, 0.1) is 17.9 Å². The first kappa shape index (κ1) is 12.1. The Balaban J connectivity index is 2.40. The first-order chi connectivity index (χ1) is 7.94. The number of nitrogens with two attached hydrogens (primary N) is 1. The van der Waals surface area contributed by atoms with Gasteiger partial charge in [0.15, 0.2) is 0 Å². The zero-order chi connectivity index (χ0) is 12.6. The smallest absolute Gasteiger partial charge is 0.247 e. The van der Waals surface area contributed by atoms with E-state index in [0.717, 1.165) is 6.42 Å². The van der Waals surface area contributed by atoms with Gasteiger partial charge in [0.1, 0.15) is 10.7 Å². The maximum atomic E-state index is 12.3. The number of hydrogen-bond donors (Lipinski definition) is 3. The van der Waals surface area contributed by atoms with Gasteiger partial charge in [0, 0.05) is 6.54 Å². The topological polar surface area (TPSA) is 116 Å². The van der Waals surface area contributed by atoms with Gasteiger partial charge < -0.3 is 5.73 Å². The van der Waals surface area contributed by atoms with E-state index in [0.29, 0.717) is 18.7 Å². The summed E-state index contributed by atoms with van der Waals surface area (Å²) in [5, 5.41) is 13.7. The Morgan fingerprint density at radius 3 is 2.94 bits per heavy atom. The normalized spacial score (nSPS) is 21.8. The molecule has 2 rings (SSSR count). The van der Waals surface area contributed by atoms with Gasteiger partial charge in [-0.05, 0) is 19.8 Å². The number of sulfonamides is 1. The molecular weight excluding hydrogens is 242 g/mol. The van der Waals surface area contributed by atoms with Crippen LogP contribution in [0.4, 0.5) is 0 Å². The minimum atomic E-state index is -3.60. The highest BCUT2D eigenvalue weighted by molar-refractivity contribution is 7.89. The quantitative estimate of drug-likeness (QED) is 0.514. The van der Waals surface area contributed by atoms with Crippen molar-refractivity contribution >= 4 is 15.9 Å². The van der Waals surface area contributed by atoms with E-state index in [1.807, 2.05) is 0 Å². The van der Waals surface area contributed by atoms with Crippen LogP contribution in [-0.4, -0.2) is 41.3 Å². The number of hydrogen-bond acceptors (Lipinski definition) is 4. The molecule has 1 aliphatic heterocycles. The van der Waals surface area contributed by atoms with Crippen LogP contribution in [0.15, 0.2) is 11.1 Å². The number of nitrogens with zero attached hydrogens (tertiary/aromatic N) is 2. The summed E-state index contributed by atoms with van der Waals surface area (Å²) in [6, 6.07) is -0.519. The van der Waals surface area contributed by atoms with E-state index in [2.05, 4.69) is 10.2 Å². The van der Waals surface area contributed by atoms with E-state index >= 15 is 0 Å². The van der Waals surface area contributed by atoms with Gasteiger partial charge in [-0.25, -0.2) is 8.42 Å². The predicted octanol–water partition coefficient (Wildman–Crippen LogP) is -0.193. The predicted molar refractivity (Wildman–Crippen MR) is 62.2 cm³/mol. The number of aryl methyl sites for hydroxylation is 1. The van der Waals surface area contributed by atoms with Gasteiger partial charge in [-0.3, -0.25) is 10.5 Å². The molecule has 2 heterocycles. The lowest BCUT2D eigenvalue weighted by molar-refractivity contribution is 0.443. The molecule has 0 aliphatic carbocycles. The third-order valence-corrected chi connectivity index (χ3v) is 4.95. The summed E-state index contributed by atoms with van der Waals surface area (Å²) in [5.74, 6) is -0.104. The number of nitrogens with one attached hydrogen (secondary N) is 2. The van der Waals surface area contributed by atoms with Crippen molar-refractivity contribution in [3.05, 3.63) is 11.9 Å². The molecule has 1 atom stereocenters. The lowest BCUT2D eigenvalue weighted by Gasteiger charge is -2.22. The Labute approximate surface area is 99.6 Å². The van der Waals surface area contributed by atoms with Gasteiger partial charge in [-0.1, -0.05) is 0 Å². The Hall–Kier alpha value is -1.41. The molecule has 4 N–H and O–H groups in total. The van der Waals surface area contributed by atoms with Crippen LogP contribution >= 0.6 is 0 Å². The fourth-order valence-electron chi connectivity index (χ4n) is 2.06. The van der Waals surface area contributed by atoms with Crippen LogP contribution < -0.4 is 5.73 Å². The summed E-state index contributed by atoms with van der Waals surface area (Å²) in [5.41, 5.74) is 5.93. The van der Waals surface area contributed by atoms with Gasteiger partial charge in [-0.2, -0.15) is 9.40 Å². The summed E-state index contributed by atoms with van der Waals surface area (Å²) in [7, 11) is -3.60. The van der Waals surface area contributed by atoms with Crippen LogP contribution in [-0.2, 0) is 10.0 Å². The number of aromatic amines is 1. The zero-order valence-corrected chi connectivity index (χ0v) is 10.3. The molecule has 0 aromatic carbocycles. The standard InChI is InChI=1S/C9H15N5O2S/c1-6-8(5-12-13-6)17(15,16)14-4-2-3-7(14)9(10)11/h5,7H,2-4H2,1H3,(H3,10,11)(H,12,13). The Morgan fingerprint density at radius 2 is 2.41 bits per heavy atom. The average molecular weight is 257 g/mol. The van der Waals surface area contributed by atoms with Crippen molar-refractivity contribution in [2.45, 2.75) is 30.7 Å².